The molecule has 1 aliphatic heterocycles. The van der Waals surface area contributed by atoms with Crippen LogP contribution in [0.15, 0.2) is 18.2 Å². The molecule has 0 aromatic heterocycles. The van der Waals surface area contributed by atoms with E-state index in [1.54, 1.807) is 18.2 Å². The summed E-state index contributed by atoms with van der Waals surface area (Å²) < 4.78 is 0. The van der Waals surface area contributed by atoms with E-state index >= 15 is 0 Å². The molecule has 2 rings (SSSR count). The Balaban J connectivity index is 2.10. The van der Waals surface area contributed by atoms with Crippen LogP contribution in [0.25, 0.3) is 0 Å². The Morgan fingerprint density at radius 1 is 1.22 bits per heavy atom. The molecule has 0 aliphatic carbocycles. The second-order valence-corrected chi connectivity index (χ2v) is 6.23. The smallest absolute Gasteiger partial charge is 0.255 e. The van der Waals surface area contributed by atoms with Gasteiger partial charge in [-0.25, -0.2) is 0 Å². The molecule has 1 saturated heterocycles. The van der Waals surface area contributed by atoms with E-state index in [2.05, 4.69) is 10.6 Å². The van der Waals surface area contributed by atoms with Crippen molar-refractivity contribution in [2.24, 2.45) is 0 Å². The first-order valence-corrected chi connectivity index (χ1v) is 8.53. The Kier molecular flexibility index (Phi) is 6.86. The van der Waals surface area contributed by atoms with Gasteiger partial charge in [0.1, 0.15) is 0 Å². The summed E-state index contributed by atoms with van der Waals surface area (Å²) in [5, 5.41) is 6.34. The lowest BCUT2D eigenvalue weighted by Crippen LogP contribution is -2.36. The maximum absolute atomic E-state index is 12.7. The molecule has 1 aromatic carbocycles. The highest BCUT2D eigenvalue weighted by molar-refractivity contribution is 6.31. The molecule has 1 aliphatic rings. The van der Waals surface area contributed by atoms with Crippen LogP contribution >= 0.6 is 11.6 Å². The van der Waals surface area contributed by atoms with Crippen molar-refractivity contribution in [3.05, 3.63) is 28.8 Å². The summed E-state index contributed by atoms with van der Waals surface area (Å²) in [6, 6.07) is 5.03. The van der Waals surface area contributed by atoms with Crippen LogP contribution in [0.2, 0.25) is 5.02 Å². The zero-order valence-electron chi connectivity index (χ0n) is 13.5. The van der Waals surface area contributed by atoms with E-state index in [1.165, 1.54) is 6.42 Å². The summed E-state index contributed by atoms with van der Waals surface area (Å²) in [7, 11) is 1.85. The monoisotopic (exact) mass is 337 g/mol. The molecule has 2 amide bonds. The zero-order valence-corrected chi connectivity index (χ0v) is 14.3. The van der Waals surface area contributed by atoms with E-state index in [0.29, 0.717) is 22.7 Å². The Bertz CT molecular complexity index is 557. The van der Waals surface area contributed by atoms with Crippen LogP contribution in [0.3, 0.4) is 0 Å². The van der Waals surface area contributed by atoms with Gasteiger partial charge >= 0.3 is 0 Å². The number of carbonyl (C=O) groups excluding carboxylic acids is 2. The second kappa shape index (κ2) is 8.89. The van der Waals surface area contributed by atoms with Gasteiger partial charge in [-0.3, -0.25) is 9.59 Å². The lowest BCUT2D eigenvalue weighted by molar-refractivity contribution is -0.116. The van der Waals surface area contributed by atoms with E-state index in [-0.39, 0.29) is 11.8 Å². The Morgan fingerprint density at radius 2 is 1.96 bits per heavy atom. The molecule has 23 heavy (non-hydrogen) atoms. The summed E-state index contributed by atoms with van der Waals surface area (Å²) in [5.41, 5.74) is 1.01. The third-order valence-electron chi connectivity index (χ3n) is 3.96. The first kappa shape index (κ1) is 17.8. The van der Waals surface area contributed by atoms with Crippen molar-refractivity contribution < 1.29 is 9.59 Å². The van der Waals surface area contributed by atoms with Crippen LogP contribution < -0.4 is 10.6 Å². The van der Waals surface area contributed by atoms with Crippen LogP contribution in [0.5, 0.6) is 0 Å². The summed E-state index contributed by atoms with van der Waals surface area (Å²) >= 11 is 6.03. The molecule has 0 radical (unpaired) electrons. The van der Waals surface area contributed by atoms with Gasteiger partial charge in [-0.2, -0.15) is 0 Å². The van der Waals surface area contributed by atoms with Crippen LogP contribution in [0, 0.1) is 0 Å². The summed E-state index contributed by atoms with van der Waals surface area (Å²) in [6.07, 6.45) is 4.39. The van der Waals surface area contributed by atoms with Crippen LogP contribution in [-0.4, -0.2) is 43.4 Å². The van der Waals surface area contributed by atoms with Crippen LogP contribution in [0.4, 0.5) is 5.69 Å². The number of rotatable bonds is 6. The molecule has 1 aromatic rings. The highest BCUT2D eigenvalue weighted by atomic mass is 35.5. The Morgan fingerprint density at radius 3 is 2.65 bits per heavy atom. The van der Waals surface area contributed by atoms with Crippen molar-refractivity contribution in [3.8, 4) is 0 Å². The number of nitrogens with one attached hydrogen (secondary N) is 2. The van der Waals surface area contributed by atoms with Crippen molar-refractivity contribution in [2.45, 2.75) is 32.1 Å². The topological polar surface area (TPSA) is 61.4 Å². The van der Waals surface area contributed by atoms with Gasteiger partial charge in [0.2, 0.25) is 5.91 Å². The largest absolute Gasteiger partial charge is 0.339 e. The van der Waals surface area contributed by atoms with E-state index in [0.717, 1.165) is 38.9 Å². The minimum Gasteiger partial charge on any atom is -0.339 e. The number of piperidine rings is 1. The number of halogens is 1. The van der Waals surface area contributed by atoms with Crippen molar-refractivity contribution in [1.29, 1.82) is 0 Å². The Hall–Kier alpha value is -1.59. The maximum Gasteiger partial charge on any atom is 0.255 e. The lowest BCUT2D eigenvalue weighted by Gasteiger charge is -2.27. The third-order valence-corrected chi connectivity index (χ3v) is 4.20. The average Bonchev–Trinajstić information content (AvgIpc) is 2.55. The second-order valence-electron chi connectivity index (χ2n) is 5.80. The number of carbonyl (C=O) groups is 2. The molecule has 0 bridgehead atoms. The molecular formula is C17H24ClN3O2. The minimum absolute atomic E-state index is 0.0353. The van der Waals surface area contributed by atoms with E-state index in [4.69, 9.17) is 11.6 Å². The van der Waals surface area contributed by atoms with E-state index in [1.807, 2.05) is 11.9 Å². The molecule has 126 valence electrons. The normalized spacial score (nSPS) is 14.6. The summed E-state index contributed by atoms with van der Waals surface area (Å²) in [6.45, 7) is 2.33. The van der Waals surface area contributed by atoms with Crippen LogP contribution in [0.1, 0.15) is 42.5 Å². The predicted octanol–water partition coefficient (Wildman–Crippen LogP) is 2.90. The van der Waals surface area contributed by atoms with Crippen molar-refractivity contribution in [3.63, 3.8) is 0 Å². The maximum atomic E-state index is 12.7. The number of likely N-dealkylation sites (tertiary alicyclic amines) is 1. The first-order chi connectivity index (χ1) is 11.1. The highest BCUT2D eigenvalue weighted by Crippen LogP contribution is 2.24. The first-order valence-electron chi connectivity index (χ1n) is 8.15. The number of hydrogen-bond donors (Lipinski definition) is 2. The SMILES string of the molecule is CNCCCC(=O)Nc1cc(Cl)ccc1C(=O)N1CCCCC1. The van der Waals surface area contributed by atoms with Gasteiger partial charge in [0.05, 0.1) is 11.3 Å². The molecule has 0 spiro atoms. The van der Waals surface area contributed by atoms with Gasteiger partial charge in [-0.1, -0.05) is 11.6 Å². The number of hydrogen-bond acceptors (Lipinski definition) is 3. The Labute approximate surface area is 142 Å². The van der Waals surface area contributed by atoms with Gasteiger partial charge in [-0.15, -0.1) is 0 Å². The molecule has 5 nitrogen and oxygen atoms in total. The van der Waals surface area contributed by atoms with Gasteiger partial charge in [0, 0.05) is 24.5 Å². The van der Waals surface area contributed by atoms with Crippen molar-refractivity contribution >= 4 is 29.1 Å². The van der Waals surface area contributed by atoms with Gasteiger partial charge in [-0.05, 0) is 57.5 Å². The van der Waals surface area contributed by atoms with E-state index in [9.17, 15) is 9.59 Å². The standard InChI is InChI=1S/C17H24ClN3O2/c1-19-9-5-6-16(22)20-15-12-13(18)7-8-14(15)17(23)21-10-3-2-4-11-21/h7-8,12,19H,2-6,9-11H2,1H3,(H,20,22). The number of nitrogens with zero attached hydrogens (tertiary/aromatic N) is 1. The number of benzene rings is 1. The van der Waals surface area contributed by atoms with Crippen LogP contribution in [-0.2, 0) is 4.79 Å². The molecule has 2 N–H and O–H groups in total. The fourth-order valence-electron chi connectivity index (χ4n) is 2.71. The molecule has 1 fully saturated rings. The highest BCUT2D eigenvalue weighted by Gasteiger charge is 2.21. The molecule has 6 heteroatoms. The summed E-state index contributed by atoms with van der Waals surface area (Å²) in [4.78, 5) is 26.6. The quantitative estimate of drug-likeness (QED) is 0.785. The fraction of sp³-hybridized carbons (Fsp3) is 0.529. The van der Waals surface area contributed by atoms with Gasteiger partial charge in [0.15, 0.2) is 0 Å². The van der Waals surface area contributed by atoms with Crippen molar-refractivity contribution in [2.75, 3.05) is 32.0 Å². The number of anilines is 1. The average molecular weight is 338 g/mol. The van der Waals surface area contributed by atoms with Crippen molar-refractivity contribution in [1.82, 2.24) is 10.2 Å². The lowest BCUT2D eigenvalue weighted by atomic mass is 10.1. The molecular weight excluding hydrogens is 314 g/mol. The van der Waals surface area contributed by atoms with Gasteiger partial charge < -0.3 is 15.5 Å². The fourth-order valence-corrected chi connectivity index (χ4v) is 2.88. The third kappa shape index (κ3) is 5.22. The molecule has 1 heterocycles. The predicted molar refractivity (Wildman–Crippen MR) is 93.0 cm³/mol. The minimum atomic E-state index is -0.102. The zero-order chi connectivity index (χ0) is 16.7. The molecule has 0 atom stereocenters. The summed E-state index contributed by atoms with van der Waals surface area (Å²) in [5.74, 6) is -0.137. The van der Waals surface area contributed by atoms with Gasteiger partial charge in [0.25, 0.3) is 5.91 Å². The molecule has 0 unspecified atom stereocenters. The van der Waals surface area contributed by atoms with E-state index < -0.39 is 0 Å². The number of amides is 2. The molecule has 0 saturated carbocycles.